The third kappa shape index (κ3) is 3.05. The molecule has 1 fully saturated rings. The molecule has 0 spiro atoms. The lowest BCUT2D eigenvalue weighted by atomic mass is 10.2. The number of halogens is 3. The minimum absolute atomic E-state index is 0.219. The topological polar surface area (TPSA) is 37.0 Å². The molecule has 18 heavy (non-hydrogen) atoms. The molecule has 2 atom stereocenters. The zero-order valence-electron chi connectivity index (χ0n) is 10.3. The predicted octanol–water partition coefficient (Wildman–Crippen LogP) is 3.21. The quantitative estimate of drug-likeness (QED) is 0.871. The maximum absolute atomic E-state index is 12.7. The molecule has 0 saturated heterocycles. The van der Waals surface area contributed by atoms with Gasteiger partial charge in [0.25, 0.3) is 0 Å². The molecule has 100 valence electrons. The van der Waals surface area contributed by atoms with Crippen LogP contribution in [0.15, 0.2) is 12.1 Å². The Morgan fingerprint density at radius 2 is 1.94 bits per heavy atom. The number of hydrogen-bond donors (Lipinski definition) is 2. The normalized spacial score (nSPS) is 22.7. The van der Waals surface area contributed by atoms with Gasteiger partial charge in [-0.2, -0.15) is 13.2 Å². The van der Waals surface area contributed by atoms with E-state index in [1.165, 1.54) is 0 Å². The summed E-state index contributed by atoms with van der Waals surface area (Å²) in [6, 6.07) is 2.05. The van der Waals surface area contributed by atoms with E-state index in [2.05, 4.69) is 22.5 Å². The van der Waals surface area contributed by atoms with Crippen molar-refractivity contribution in [1.29, 1.82) is 0 Å². The van der Waals surface area contributed by atoms with Crippen LogP contribution in [0.2, 0.25) is 0 Å². The number of nitrogens with one attached hydrogen (secondary N) is 2. The number of aromatic nitrogens is 1. The molecule has 1 saturated carbocycles. The van der Waals surface area contributed by atoms with Crippen LogP contribution in [0, 0.1) is 11.8 Å². The molecule has 1 aromatic heterocycles. The number of hydrogen-bond acceptors (Lipinski definition) is 3. The van der Waals surface area contributed by atoms with Crippen molar-refractivity contribution in [3.63, 3.8) is 0 Å². The van der Waals surface area contributed by atoms with Crippen molar-refractivity contribution < 1.29 is 13.2 Å². The van der Waals surface area contributed by atoms with Gasteiger partial charge >= 0.3 is 6.18 Å². The van der Waals surface area contributed by atoms with Gasteiger partial charge < -0.3 is 10.6 Å². The largest absolute Gasteiger partial charge is 0.416 e. The van der Waals surface area contributed by atoms with Gasteiger partial charge in [0.05, 0.1) is 5.56 Å². The minimum Gasteiger partial charge on any atom is -0.373 e. The van der Waals surface area contributed by atoms with Crippen LogP contribution in [0.3, 0.4) is 0 Å². The molecule has 1 aliphatic rings. The summed E-state index contributed by atoms with van der Waals surface area (Å²) in [5, 5.41) is 5.61. The number of nitrogens with zero attached hydrogens (tertiary/aromatic N) is 1. The molecule has 3 nitrogen and oxygen atoms in total. The molecule has 1 aliphatic carbocycles. The van der Waals surface area contributed by atoms with E-state index >= 15 is 0 Å². The van der Waals surface area contributed by atoms with E-state index in [1.54, 1.807) is 7.05 Å². The fourth-order valence-electron chi connectivity index (χ4n) is 1.83. The molecule has 0 aliphatic heterocycles. The van der Waals surface area contributed by atoms with Crippen LogP contribution < -0.4 is 10.6 Å². The van der Waals surface area contributed by atoms with Crippen LogP contribution in [-0.4, -0.2) is 18.6 Å². The van der Waals surface area contributed by atoms with Gasteiger partial charge in [0.1, 0.15) is 11.6 Å². The molecule has 2 rings (SSSR count). The van der Waals surface area contributed by atoms with Crippen LogP contribution in [0.4, 0.5) is 24.8 Å². The van der Waals surface area contributed by atoms with E-state index in [1.807, 2.05) is 0 Å². The Labute approximate surface area is 104 Å². The highest BCUT2D eigenvalue weighted by atomic mass is 19.4. The van der Waals surface area contributed by atoms with Gasteiger partial charge in [-0.3, -0.25) is 0 Å². The van der Waals surface area contributed by atoms with Crippen molar-refractivity contribution in [3.8, 4) is 0 Å². The SMILES string of the molecule is CNc1cc(C(F)(F)F)cc(NCC2CC2C)n1. The van der Waals surface area contributed by atoms with Crippen molar-refractivity contribution in [2.75, 3.05) is 24.2 Å². The zero-order chi connectivity index (χ0) is 13.3. The number of anilines is 2. The van der Waals surface area contributed by atoms with E-state index in [0.717, 1.165) is 18.6 Å². The molecule has 0 aromatic carbocycles. The molecule has 0 amide bonds. The van der Waals surface area contributed by atoms with Gasteiger partial charge in [0.2, 0.25) is 0 Å². The Balaban J connectivity index is 2.13. The zero-order valence-corrected chi connectivity index (χ0v) is 10.3. The molecular formula is C12H16F3N3. The standard InChI is InChI=1S/C12H16F3N3/c1-7-3-8(7)6-17-11-5-9(12(13,14)15)4-10(16-2)18-11/h4-5,7-8H,3,6H2,1-2H3,(H2,16,17,18). The van der Waals surface area contributed by atoms with Gasteiger partial charge in [0, 0.05) is 13.6 Å². The van der Waals surface area contributed by atoms with Crippen LogP contribution in [0.5, 0.6) is 0 Å². The smallest absolute Gasteiger partial charge is 0.373 e. The van der Waals surface area contributed by atoms with E-state index in [4.69, 9.17) is 0 Å². The highest BCUT2D eigenvalue weighted by Crippen LogP contribution is 2.38. The molecule has 1 aromatic rings. The summed E-state index contributed by atoms with van der Waals surface area (Å²) in [5.74, 6) is 1.70. The lowest BCUT2D eigenvalue weighted by Crippen LogP contribution is -2.11. The van der Waals surface area contributed by atoms with E-state index in [-0.39, 0.29) is 11.6 Å². The first-order valence-corrected chi connectivity index (χ1v) is 5.91. The Kier molecular flexibility index (Phi) is 3.36. The summed E-state index contributed by atoms with van der Waals surface area (Å²) in [6.07, 6.45) is -3.22. The summed E-state index contributed by atoms with van der Waals surface area (Å²) < 4.78 is 38.0. The summed E-state index contributed by atoms with van der Waals surface area (Å²) in [7, 11) is 1.55. The third-order valence-corrected chi connectivity index (χ3v) is 3.23. The first kappa shape index (κ1) is 13.0. The van der Waals surface area contributed by atoms with Crippen molar-refractivity contribution in [2.45, 2.75) is 19.5 Å². The highest BCUT2D eigenvalue weighted by Gasteiger charge is 2.33. The molecule has 2 unspecified atom stereocenters. The van der Waals surface area contributed by atoms with Gasteiger partial charge in [-0.25, -0.2) is 4.98 Å². The number of pyridine rings is 1. The molecular weight excluding hydrogens is 243 g/mol. The second-order valence-corrected chi connectivity index (χ2v) is 4.73. The predicted molar refractivity (Wildman–Crippen MR) is 64.5 cm³/mol. The highest BCUT2D eigenvalue weighted by molar-refractivity contribution is 5.49. The third-order valence-electron chi connectivity index (χ3n) is 3.23. The van der Waals surface area contributed by atoms with Gasteiger partial charge in [-0.1, -0.05) is 6.92 Å². The van der Waals surface area contributed by atoms with E-state index in [9.17, 15) is 13.2 Å². The van der Waals surface area contributed by atoms with Crippen molar-refractivity contribution in [3.05, 3.63) is 17.7 Å². The molecule has 1 heterocycles. The Morgan fingerprint density at radius 1 is 1.33 bits per heavy atom. The van der Waals surface area contributed by atoms with Gasteiger partial charge in [-0.15, -0.1) is 0 Å². The molecule has 0 bridgehead atoms. The Morgan fingerprint density at radius 3 is 2.44 bits per heavy atom. The summed E-state index contributed by atoms with van der Waals surface area (Å²) in [6.45, 7) is 2.81. The lowest BCUT2D eigenvalue weighted by Gasteiger charge is -2.12. The number of rotatable bonds is 4. The fraction of sp³-hybridized carbons (Fsp3) is 0.583. The van der Waals surface area contributed by atoms with Crippen LogP contribution in [-0.2, 0) is 6.18 Å². The average molecular weight is 259 g/mol. The molecule has 6 heteroatoms. The van der Waals surface area contributed by atoms with Crippen molar-refractivity contribution in [1.82, 2.24) is 4.98 Å². The maximum atomic E-state index is 12.7. The monoisotopic (exact) mass is 259 g/mol. The number of alkyl halides is 3. The summed E-state index contributed by atoms with van der Waals surface area (Å²) in [5.41, 5.74) is -0.687. The Hall–Kier alpha value is -1.46. The summed E-state index contributed by atoms with van der Waals surface area (Å²) >= 11 is 0. The van der Waals surface area contributed by atoms with E-state index in [0.29, 0.717) is 18.4 Å². The Bertz CT molecular complexity index is 431. The molecule has 2 N–H and O–H groups in total. The molecule has 0 radical (unpaired) electrons. The van der Waals surface area contributed by atoms with Crippen LogP contribution >= 0.6 is 0 Å². The maximum Gasteiger partial charge on any atom is 0.416 e. The second-order valence-electron chi connectivity index (χ2n) is 4.73. The second kappa shape index (κ2) is 4.66. The van der Waals surface area contributed by atoms with Crippen molar-refractivity contribution >= 4 is 11.6 Å². The van der Waals surface area contributed by atoms with Gasteiger partial charge in [0.15, 0.2) is 0 Å². The fourth-order valence-corrected chi connectivity index (χ4v) is 1.83. The van der Waals surface area contributed by atoms with Crippen molar-refractivity contribution in [2.24, 2.45) is 11.8 Å². The van der Waals surface area contributed by atoms with Crippen LogP contribution in [0.25, 0.3) is 0 Å². The first-order chi connectivity index (χ1) is 8.40. The average Bonchev–Trinajstić information content (AvgIpc) is 3.01. The van der Waals surface area contributed by atoms with Crippen LogP contribution in [0.1, 0.15) is 18.9 Å². The first-order valence-electron chi connectivity index (χ1n) is 5.91. The van der Waals surface area contributed by atoms with Gasteiger partial charge in [-0.05, 0) is 30.4 Å². The minimum atomic E-state index is -4.35. The lowest BCUT2D eigenvalue weighted by molar-refractivity contribution is -0.137. The summed E-state index contributed by atoms with van der Waals surface area (Å²) in [4.78, 5) is 4.07. The van der Waals surface area contributed by atoms with E-state index < -0.39 is 11.7 Å².